The van der Waals surface area contributed by atoms with Crippen molar-refractivity contribution in [2.75, 3.05) is 14.2 Å². The van der Waals surface area contributed by atoms with Gasteiger partial charge in [-0.3, -0.25) is 0 Å². The van der Waals surface area contributed by atoms with Gasteiger partial charge >= 0.3 is 0 Å². The second-order valence-corrected chi connectivity index (χ2v) is 6.25. The molecule has 0 unspecified atom stereocenters. The Labute approximate surface area is 141 Å². The molecule has 3 rings (SSSR count). The maximum Gasteiger partial charge on any atom is 0.155 e. The van der Waals surface area contributed by atoms with Gasteiger partial charge in [0, 0.05) is 6.07 Å². The summed E-state index contributed by atoms with van der Waals surface area (Å²) in [4.78, 5) is 0. The number of hydrogen-bond donors (Lipinski definition) is 0. The molecule has 1 aromatic heterocycles. The first-order chi connectivity index (χ1) is 11.2. The molecule has 1 aliphatic rings. The minimum absolute atomic E-state index is 0.556. The Morgan fingerprint density at radius 3 is 2.57 bits per heavy atom. The lowest BCUT2D eigenvalue weighted by molar-refractivity contribution is 0.391. The first kappa shape index (κ1) is 16.1. The van der Waals surface area contributed by atoms with Crippen molar-refractivity contribution in [1.82, 2.24) is 10.2 Å². The van der Waals surface area contributed by atoms with Crippen LogP contribution in [0, 0.1) is 0 Å². The van der Waals surface area contributed by atoms with Gasteiger partial charge in [-0.1, -0.05) is 24.1 Å². The average Bonchev–Trinajstić information content (AvgIpc) is 2.53. The van der Waals surface area contributed by atoms with E-state index in [-0.39, 0.29) is 0 Å². The molecule has 5 heteroatoms. The topological polar surface area (TPSA) is 44.2 Å². The maximum atomic E-state index is 6.19. The van der Waals surface area contributed by atoms with E-state index in [1.54, 1.807) is 14.2 Å². The molecule has 23 heavy (non-hydrogen) atoms. The van der Waals surface area contributed by atoms with Crippen LogP contribution in [0.5, 0.6) is 11.5 Å². The Balaban J connectivity index is 1.73. The molecule has 0 atom stereocenters. The lowest BCUT2D eigenvalue weighted by atomic mass is 9.80. The molecule has 1 saturated carbocycles. The van der Waals surface area contributed by atoms with E-state index in [1.165, 1.54) is 19.3 Å². The quantitative estimate of drug-likeness (QED) is 0.795. The fourth-order valence-corrected chi connectivity index (χ4v) is 3.13. The normalized spacial score (nSPS) is 14.4. The lowest BCUT2D eigenvalue weighted by Crippen LogP contribution is -2.11. The first-order valence-electron chi connectivity index (χ1n) is 7.94. The van der Waals surface area contributed by atoms with Gasteiger partial charge in [-0.2, -0.15) is 5.10 Å². The molecule has 0 saturated heterocycles. The number of halogens is 1. The largest absolute Gasteiger partial charge is 0.497 e. The second kappa shape index (κ2) is 7.18. The molecule has 1 heterocycles. The van der Waals surface area contributed by atoms with Crippen molar-refractivity contribution >= 4 is 11.6 Å². The van der Waals surface area contributed by atoms with E-state index in [0.717, 1.165) is 41.2 Å². The van der Waals surface area contributed by atoms with Gasteiger partial charge in [0.05, 0.1) is 19.9 Å². The summed E-state index contributed by atoms with van der Waals surface area (Å²) in [7, 11) is 3.33. The Bertz CT molecular complexity index is 687. The first-order valence-corrected chi connectivity index (χ1v) is 8.32. The van der Waals surface area contributed by atoms with Crippen LogP contribution in [-0.2, 0) is 12.8 Å². The summed E-state index contributed by atoms with van der Waals surface area (Å²) >= 11 is 6.19. The fraction of sp³-hybridized carbons (Fsp3) is 0.444. The van der Waals surface area contributed by atoms with Crippen molar-refractivity contribution in [3.63, 3.8) is 0 Å². The standard InChI is InChI=1S/C18H21ClN2O2/c1-22-15-9-7-13(17(11-15)23-2)6-8-14-10-16(12-4-3-5-12)18(19)21-20-14/h7,9-12H,3-6,8H2,1-2H3. The van der Waals surface area contributed by atoms with Gasteiger partial charge in [-0.05, 0) is 54.9 Å². The van der Waals surface area contributed by atoms with Crippen LogP contribution in [0.2, 0.25) is 5.15 Å². The van der Waals surface area contributed by atoms with E-state index < -0.39 is 0 Å². The van der Waals surface area contributed by atoms with Crippen molar-refractivity contribution < 1.29 is 9.47 Å². The fourth-order valence-electron chi connectivity index (χ4n) is 2.88. The lowest BCUT2D eigenvalue weighted by Gasteiger charge is -2.26. The molecule has 1 aliphatic carbocycles. The predicted molar refractivity (Wildman–Crippen MR) is 90.6 cm³/mol. The maximum absolute atomic E-state index is 6.19. The van der Waals surface area contributed by atoms with Crippen LogP contribution < -0.4 is 9.47 Å². The van der Waals surface area contributed by atoms with E-state index >= 15 is 0 Å². The molecule has 0 aliphatic heterocycles. The zero-order chi connectivity index (χ0) is 16.2. The average molecular weight is 333 g/mol. The minimum atomic E-state index is 0.556. The molecule has 0 spiro atoms. The molecule has 4 nitrogen and oxygen atoms in total. The number of nitrogens with zero attached hydrogens (tertiary/aromatic N) is 2. The van der Waals surface area contributed by atoms with Crippen LogP contribution in [0.1, 0.15) is 42.0 Å². The summed E-state index contributed by atoms with van der Waals surface area (Å²) in [5.74, 6) is 2.20. The third kappa shape index (κ3) is 3.58. The summed E-state index contributed by atoms with van der Waals surface area (Å²) in [6.45, 7) is 0. The molecule has 0 radical (unpaired) electrons. The van der Waals surface area contributed by atoms with E-state index in [4.69, 9.17) is 21.1 Å². The molecular weight excluding hydrogens is 312 g/mol. The van der Waals surface area contributed by atoms with Crippen molar-refractivity contribution in [3.05, 3.63) is 46.2 Å². The molecular formula is C18H21ClN2O2. The number of benzene rings is 1. The number of aryl methyl sites for hydroxylation is 2. The van der Waals surface area contributed by atoms with Crippen molar-refractivity contribution in [2.45, 2.75) is 38.0 Å². The van der Waals surface area contributed by atoms with Crippen molar-refractivity contribution in [3.8, 4) is 11.5 Å². The summed E-state index contributed by atoms with van der Waals surface area (Å²) in [5.41, 5.74) is 3.27. The summed E-state index contributed by atoms with van der Waals surface area (Å²) in [6, 6.07) is 8.01. The summed E-state index contributed by atoms with van der Waals surface area (Å²) in [6.07, 6.45) is 5.34. The highest BCUT2D eigenvalue weighted by molar-refractivity contribution is 6.30. The van der Waals surface area contributed by atoms with Gasteiger partial charge in [0.15, 0.2) is 5.15 Å². The van der Waals surface area contributed by atoms with Gasteiger partial charge in [0.2, 0.25) is 0 Å². The van der Waals surface area contributed by atoms with Gasteiger partial charge in [-0.25, -0.2) is 0 Å². The van der Waals surface area contributed by atoms with Gasteiger partial charge in [-0.15, -0.1) is 5.10 Å². The number of aromatic nitrogens is 2. The number of ether oxygens (including phenoxy) is 2. The third-order valence-electron chi connectivity index (χ3n) is 4.52. The van der Waals surface area contributed by atoms with Gasteiger partial charge in [0.25, 0.3) is 0 Å². The molecule has 2 aromatic rings. The number of hydrogen-bond acceptors (Lipinski definition) is 4. The van der Waals surface area contributed by atoms with E-state index in [9.17, 15) is 0 Å². The zero-order valence-corrected chi connectivity index (χ0v) is 14.3. The van der Waals surface area contributed by atoms with Crippen molar-refractivity contribution in [2.24, 2.45) is 0 Å². The van der Waals surface area contributed by atoms with Crippen LogP contribution in [0.25, 0.3) is 0 Å². The highest BCUT2D eigenvalue weighted by Crippen LogP contribution is 2.39. The minimum Gasteiger partial charge on any atom is -0.497 e. The van der Waals surface area contributed by atoms with Crippen LogP contribution in [0.15, 0.2) is 24.3 Å². The van der Waals surface area contributed by atoms with Gasteiger partial charge < -0.3 is 9.47 Å². The van der Waals surface area contributed by atoms with Crippen molar-refractivity contribution in [1.29, 1.82) is 0 Å². The Morgan fingerprint density at radius 2 is 1.91 bits per heavy atom. The number of rotatable bonds is 6. The third-order valence-corrected chi connectivity index (χ3v) is 4.81. The SMILES string of the molecule is COc1ccc(CCc2cc(C3CCC3)c(Cl)nn2)c(OC)c1. The molecule has 0 bridgehead atoms. The van der Waals surface area contributed by atoms with E-state index in [0.29, 0.717) is 11.1 Å². The van der Waals surface area contributed by atoms with Crippen LogP contribution in [0.3, 0.4) is 0 Å². The second-order valence-electron chi connectivity index (χ2n) is 5.89. The Morgan fingerprint density at radius 1 is 1.09 bits per heavy atom. The van der Waals surface area contributed by atoms with E-state index in [2.05, 4.69) is 16.3 Å². The monoisotopic (exact) mass is 332 g/mol. The molecule has 122 valence electrons. The highest BCUT2D eigenvalue weighted by atomic mass is 35.5. The van der Waals surface area contributed by atoms with Gasteiger partial charge in [0.1, 0.15) is 11.5 Å². The van der Waals surface area contributed by atoms with E-state index in [1.807, 2.05) is 18.2 Å². The molecule has 1 fully saturated rings. The highest BCUT2D eigenvalue weighted by Gasteiger charge is 2.23. The summed E-state index contributed by atoms with van der Waals surface area (Å²) in [5, 5.41) is 8.92. The smallest absolute Gasteiger partial charge is 0.155 e. The Hall–Kier alpha value is -1.81. The molecule has 0 amide bonds. The molecule has 0 N–H and O–H groups in total. The Kier molecular flexibility index (Phi) is 5.01. The van der Waals surface area contributed by atoms with Crippen LogP contribution >= 0.6 is 11.6 Å². The predicted octanol–water partition coefficient (Wildman–Crippen LogP) is 4.20. The van der Waals surface area contributed by atoms with Crippen LogP contribution in [0.4, 0.5) is 0 Å². The van der Waals surface area contributed by atoms with Crippen LogP contribution in [-0.4, -0.2) is 24.4 Å². The molecule has 1 aromatic carbocycles. The summed E-state index contributed by atoms with van der Waals surface area (Å²) < 4.78 is 10.7. The number of methoxy groups -OCH3 is 2. The zero-order valence-electron chi connectivity index (χ0n) is 13.5.